The first-order valence-electron chi connectivity index (χ1n) is 8.61. The van der Waals surface area contributed by atoms with Crippen molar-refractivity contribution >= 4 is 29.3 Å². The van der Waals surface area contributed by atoms with Crippen LogP contribution in [0, 0.1) is 5.92 Å². The molecular formula is C19H20ClNO3S. The number of thioether (sulfide) groups is 1. The number of oxazole rings is 1. The van der Waals surface area contributed by atoms with Crippen molar-refractivity contribution in [2.75, 3.05) is 0 Å². The van der Waals surface area contributed by atoms with Gasteiger partial charge in [0.05, 0.1) is 11.9 Å². The van der Waals surface area contributed by atoms with Crippen molar-refractivity contribution in [3.8, 4) is 11.3 Å². The maximum absolute atomic E-state index is 12.3. The molecule has 2 saturated carbocycles. The second-order valence-corrected chi connectivity index (χ2v) is 8.60. The zero-order valence-electron chi connectivity index (χ0n) is 14.0. The predicted octanol–water partition coefficient (Wildman–Crippen LogP) is 5.10. The van der Waals surface area contributed by atoms with Gasteiger partial charge in [-0.3, -0.25) is 4.79 Å². The fourth-order valence-corrected chi connectivity index (χ4v) is 3.83. The van der Waals surface area contributed by atoms with Crippen LogP contribution in [0.2, 0.25) is 5.02 Å². The highest BCUT2D eigenvalue weighted by molar-refractivity contribution is 7.99. The summed E-state index contributed by atoms with van der Waals surface area (Å²) in [4.78, 5) is 16.6. The van der Waals surface area contributed by atoms with Crippen molar-refractivity contribution in [1.29, 1.82) is 0 Å². The highest BCUT2D eigenvalue weighted by atomic mass is 35.5. The fourth-order valence-electron chi connectivity index (χ4n) is 3.00. The molecule has 2 aliphatic rings. The van der Waals surface area contributed by atoms with Crippen LogP contribution >= 0.6 is 23.4 Å². The molecule has 1 heterocycles. The molecule has 0 spiro atoms. The summed E-state index contributed by atoms with van der Waals surface area (Å²) in [6.45, 7) is 1.89. The first-order chi connectivity index (χ1) is 12.1. The van der Waals surface area contributed by atoms with E-state index in [0.717, 1.165) is 18.4 Å². The number of halogens is 1. The van der Waals surface area contributed by atoms with Gasteiger partial charge in [-0.25, -0.2) is 4.98 Å². The van der Waals surface area contributed by atoms with Crippen LogP contribution in [0.3, 0.4) is 0 Å². The molecule has 4 nitrogen and oxygen atoms in total. The number of hydrogen-bond acceptors (Lipinski definition) is 5. The van der Waals surface area contributed by atoms with E-state index in [9.17, 15) is 4.79 Å². The Labute approximate surface area is 156 Å². The quantitative estimate of drug-likeness (QED) is 0.628. The van der Waals surface area contributed by atoms with Gasteiger partial charge in [0.1, 0.15) is 10.9 Å². The van der Waals surface area contributed by atoms with Gasteiger partial charge in [0.25, 0.3) is 0 Å². The molecule has 25 heavy (non-hydrogen) atoms. The van der Waals surface area contributed by atoms with Crippen LogP contribution in [0.5, 0.6) is 0 Å². The lowest BCUT2D eigenvalue weighted by Gasteiger charge is -2.18. The van der Waals surface area contributed by atoms with Crippen molar-refractivity contribution in [3.05, 3.63) is 41.4 Å². The van der Waals surface area contributed by atoms with Crippen molar-refractivity contribution < 1.29 is 13.9 Å². The molecule has 0 aliphatic heterocycles. The lowest BCUT2D eigenvalue weighted by atomic mass is 10.2. The largest absolute Gasteiger partial charge is 0.458 e. The van der Waals surface area contributed by atoms with Crippen LogP contribution in [-0.2, 0) is 15.3 Å². The normalized spacial score (nSPS) is 19.4. The average Bonchev–Trinajstić information content (AvgIpc) is 3.52. The molecule has 0 N–H and O–H groups in total. The number of rotatable bonds is 7. The number of hydrogen-bond donors (Lipinski definition) is 0. The Bertz CT molecular complexity index is 765. The van der Waals surface area contributed by atoms with Gasteiger partial charge in [-0.1, -0.05) is 11.6 Å². The van der Waals surface area contributed by atoms with Crippen molar-refractivity contribution in [1.82, 2.24) is 4.98 Å². The second kappa shape index (κ2) is 6.69. The fraction of sp³-hybridized carbons (Fsp3) is 0.474. The molecule has 2 fully saturated rings. The molecule has 1 aromatic heterocycles. The SMILES string of the molecule is C[C@H](SCc1ncc(-c2ccc(Cl)cc2)o1)C(=O)OC1(C2CC2)CC1. The van der Waals surface area contributed by atoms with Gasteiger partial charge in [-0.15, -0.1) is 11.8 Å². The van der Waals surface area contributed by atoms with E-state index < -0.39 is 0 Å². The van der Waals surface area contributed by atoms with Gasteiger partial charge in [0.2, 0.25) is 5.89 Å². The van der Waals surface area contributed by atoms with E-state index in [2.05, 4.69) is 4.98 Å². The minimum Gasteiger partial charge on any atom is -0.458 e. The summed E-state index contributed by atoms with van der Waals surface area (Å²) in [6.07, 6.45) is 6.18. The van der Waals surface area contributed by atoms with E-state index in [0.29, 0.717) is 28.3 Å². The number of nitrogens with zero attached hydrogens (tertiary/aromatic N) is 1. The Morgan fingerprint density at radius 2 is 2.12 bits per heavy atom. The Morgan fingerprint density at radius 3 is 2.76 bits per heavy atom. The van der Waals surface area contributed by atoms with E-state index in [1.165, 1.54) is 24.6 Å². The summed E-state index contributed by atoms with van der Waals surface area (Å²) in [5.74, 6) is 2.35. The average molecular weight is 378 g/mol. The van der Waals surface area contributed by atoms with Gasteiger partial charge in [-0.2, -0.15) is 0 Å². The maximum atomic E-state index is 12.3. The molecule has 1 aromatic carbocycles. The summed E-state index contributed by atoms with van der Waals surface area (Å²) in [5.41, 5.74) is 0.817. The van der Waals surface area contributed by atoms with E-state index in [1.807, 2.05) is 31.2 Å². The Kier molecular flexibility index (Phi) is 4.54. The Hall–Kier alpha value is -1.46. The summed E-state index contributed by atoms with van der Waals surface area (Å²) >= 11 is 7.40. The third kappa shape index (κ3) is 3.87. The molecule has 2 aromatic rings. The molecule has 0 radical (unpaired) electrons. The van der Waals surface area contributed by atoms with Crippen molar-refractivity contribution in [2.24, 2.45) is 5.92 Å². The number of esters is 1. The van der Waals surface area contributed by atoms with E-state index in [-0.39, 0.29) is 16.8 Å². The number of ether oxygens (including phenoxy) is 1. The van der Waals surface area contributed by atoms with Gasteiger partial charge in [0, 0.05) is 10.6 Å². The van der Waals surface area contributed by atoms with Crippen molar-refractivity contribution in [2.45, 2.75) is 49.2 Å². The summed E-state index contributed by atoms with van der Waals surface area (Å²) in [6, 6.07) is 7.43. The molecule has 0 amide bonds. The van der Waals surface area contributed by atoms with Crippen LogP contribution in [0.25, 0.3) is 11.3 Å². The monoisotopic (exact) mass is 377 g/mol. The van der Waals surface area contributed by atoms with Crippen molar-refractivity contribution in [3.63, 3.8) is 0 Å². The lowest BCUT2D eigenvalue weighted by molar-refractivity contribution is -0.151. The maximum Gasteiger partial charge on any atom is 0.319 e. The lowest BCUT2D eigenvalue weighted by Crippen LogP contribution is -2.27. The highest BCUT2D eigenvalue weighted by Crippen LogP contribution is 2.56. The standard InChI is InChI=1S/C19H20ClNO3S/c1-12(18(22)24-19(8-9-19)14-4-5-14)25-11-17-21-10-16(23-17)13-2-6-15(20)7-3-13/h2-3,6-7,10,12,14H,4-5,8-9,11H2,1H3/t12-/m0/s1. The summed E-state index contributed by atoms with van der Waals surface area (Å²) < 4.78 is 11.6. The predicted molar refractivity (Wildman–Crippen MR) is 98.5 cm³/mol. The molecule has 0 bridgehead atoms. The first kappa shape index (κ1) is 17.0. The molecular weight excluding hydrogens is 358 g/mol. The third-order valence-corrected chi connectivity index (χ3v) is 6.20. The third-order valence-electron chi connectivity index (χ3n) is 4.84. The minimum absolute atomic E-state index is 0.112. The Morgan fingerprint density at radius 1 is 1.40 bits per heavy atom. The molecule has 4 rings (SSSR count). The van der Waals surface area contributed by atoms with E-state index >= 15 is 0 Å². The van der Waals surface area contributed by atoms with Crippen LogP contribution in [0.4, 0.5) is 0 Å². The minimum atomic E-state index is -0.220. The van der Waals surface area contributed by atoms with Gasteiger partial charge < -0.3 is 9.15 Å². The number of carbonyl (C=O) groups is 1. The van der Waals surface area contributed by atoms with E-state index in [4.69, 9.17) is 20.8 Å². The highest BCUT2D eigenvalue weighted by Gasteiger charge is 2.57. The second-order valence-electron chi connectivity index (χ2n) is 6.84. The molecule has 6 heteroatoms. The molecule has 0 unspecified atom stereocenters. The summed E-state index contributed by atoms with van der Waals surface area (Å²) in [7, 11) is 0. The number of carbonyl (C=O) groups excluding carboxylic acids is 1. The Balaban J connectivity index is 1.30. The van der Waals surface area contributed by atoms with Gasteiger partial charge >= 0.3 is 5.97 Å². The van der Waals surface area contributed by atoms with Crippen LogP contribution in [0.1, 0.15) is 38.5 Å². The zero-order valence-corrected chi connectivity index (χ0v) is 15.6. The van der Waals surface area contributed by atoms with E-state index in [1.54, 1.807) is 6.20 Å². The van der Waals surface area contributed by atoms with Crippen LogP contribution in [0.15, 0.2) is 34.9 Å². The molecule has 2 aliphatic carbocycles. The topological polar surface area (TPSA) is 52.3 Å². The zero-order chi connectivity index (χ0) is 17.4. The number of benzene rings is 1. The summed E-state index contributed by atoms with van der Waals surface area (Å²) in [5, 5.41) is 0.466. The molecule has 132 valence electrons. The molecule has 1 atom stereocenters. The van der Waals surface area contributed by atoms with Crippen LogP contribution < -0.4 is 0 Å². The number of aromatic nitrogens is 1. The first-order valence-corrected chi connectivity index (χ1v) is 10.0. The van der Waals surface area contributed by atoms with Crippen LogP contribution in [-0.4, -0.2) is 21.8 Å². The van der Waals surface area contributed by atoms with Gasteiger partial charge in [0.15, 0.2) is 5.76 Å². The van der Waals surface area contributed by atoms with Gasteiger partial charge in [-0.05, 0) is 62.8 Å². The smallest absolute Gasteiger partial charge is 0.319 e. The molecule has 0 saturated heterocycles.